The molecular formula is C24H26N2O4. The average Bonchev–Trinajstić information content (AvgIpc) is 2.80. The number of para-hydroxylation sites is 1. The topological polar surface area (TPSA) is 69.7 Å². The maximum Gasteiger partial charge on any atom is 0.220 e. The molecule has 3 rings (SSSR count). The first-order chi connectivity index (χ1) is 14.7. The van der Waals surface area contributed by atoms with Crippen molar-refractivity contribution in [2.24, 2.45) is 0 Å². The van der Waals surface area contributed by atoms with E-state index in [0.29, 0.717) is 43.4 Å². The summed E-state index contributed by atoms with van der Waals surface area (Å²) >= 11 is 0. The number of hydrogen-bond donors (Lipinski definition) is 1. The summed E-state index contributed by atoms with van der Waals surface area (Å²) in [5.41, 5.74) is 2.94. The first kappa shape index (κ1) is 21.2. The summed E-state index contributed by atoms with van der Waals surface area (Å²) in [7, 11) is 3.20. The number of carbonyl (C=O) groups is 1. The largest absolute Gasteiger partial charge is 0.493 e. The number of benzene rings is 2. The fourth-order valence-corrected chi connectivity index (χ4v) is 3.06. The Morgan fingerprint density at radius 1 is 0.967 bits per heavy atom. The van der Waals surface area contributed by atoms with Gasteiger partial charge in [0.2, 0.25) is 11.8 Å². The summed E-state index contributed by atoms with van der Waals surface area (Å²) in [4.78, 5) is 16.5. The number of hydrogen-bond acceptors (Lipinski definition) is 5. The molecule has 0 aliphatic carbocycles. The van der Waals surface area contributed by atoms with Crippen molar-refractivity contribution in [3.63, 3.8) is 0 Å². The van der Waals surface area contributed by atoms with Crippen LogP contribution in [0, 0.1) is 0 Å². The number of nitrogens with one attached hydrogen (secondary N) is 1. The summed E-state index contributed by atoms with van der Waals surface area (Å²) in [6.45, 7) is 0.865. The number of aromatic nitrogens is 1. The van der Waals surface area contributed by atoms with E-state index in [0.717, 1.165) is 16.7 Å². The molecule has 0 aliphatic heterocycles. The highest BCUT2D eigenvalue weighted by Crippen LogP contribution is 2.31. The van der Waals surface area contributed by atoms with Crippen LogP contribution >= 0.6 is 0 Å². The maximum absolute atomic E-state index is 12.3. The number of methoxy groups -OCH3 is 2. The van der Waals surface area contributed by atoms with Crippen LogP contribution in [0.4, 0.5) is 0 Å². The lowest BCUT2D eigenvalue weighted by Gasteiger charge is -2.12. The molecule has 6 nitrogen and oxygen atoms in total. The summed E-state index contributed by atoms with van der Waals surface area (Å²) in [6, 6.07) is 19.3. The number of nitrogens with zero attached hydrogens (tertiary/aromatic N) is 1. The lowest BCUT2D eigenvalue weighted by atomic mass is 10.1. The minimum absolute atomic E-state index is 0.0385. The summed E-state index contributed by atoms with van der Waals surface area (Å²) < 4.78 is 16.5. The molecular weight excluding hydrogens is 380 g/mol. The molecule has 1 aromatic heterocycles. The lowest BCUT2D eigenvalue weighted by Crippen LogP contribution is -2.23. The molecule has 2 aromatic carbocycles. The van der Waals surface area contributed by atoms with Gasteiger partial charge < -0.3 is 19.5 Å². The van der Waals surface area contributed by atoms with Gasteiger partial charge in [0.05, 0.1) is 14.2 Å². The fourth-order valence-electron chi connectivity index (χ4n) is 3.06. The molecule has 0 aliphatic rings. The van der Waals surface area contributed by atoms with E-state index in [1.807, 2.05) is 60.7 Å². The van der Waals surface area contributed by atoms with Gasteiger partial charge >= 0.3 is 0 Å². The number of rotatable bonds is 10. The molecule has 1 N–H and O–H groups in total. The van der Waals surface area contributed by atoms with Gasteiger partial charge in [0, 0.05) is 25.2 Å². The van der Waals surface area contributed by atoms with Crippen LogP contribution in [0.3, 0.4) is 0 Å². The van der Waals surface area contributed by atoms with Gasteiger partial charge in [0.15, 0.2) is 11.5 Å². The molecule has 0 radical (unpaired) electrons. The van der Waals surface area contributed by atoms with E-state index in [2.05, 4.69) is 10.3 Å². The number of amides is 1. The normalized spacial score (nSPS) is 10.3. The average molecular weight is 406 g/mol. The van der Waals surface area contributed by atoms with E-state index in [9.17, 15) is 4.79 Å². The Kier molecular flexibility index (Phi) is 7.66. The van der Waals surface area contributed by atoms with E-state index >= 15 is 0 Å². The third kappa shape index (κ3) is 5.98. The van der Waals surface area contributed by atoms with Gasteiger partial charge in [-0.1, -0.05) is 42.5 Å². The zero-order valence-electron chi connectivity index (χ0n) is 17.3. The summed E-state index contributed by atoms with van der Waals surface area (Å²) in [6.07, 6.45) is 2.60. The Hall–Kier alpha value is -3.54. The Morgan fingerprint density at radius 3 is 2.57 bits per heavy atom. The molecule has 1 amide bonds. The Balaban J connectivity index is 1.49. The monoisotopic (exact) mass is 406 g/mol. The zero-order chi connectivity index (χ0) is 21.2. The van der Waals surface area contributed by atoms with Crippen LogP contribution in [-0.2, 0) is 24.4 Å². The standard InChI is InChI=1S/C24H26N2O4/c1-28-21-10-6-9-20(24(21)29-2)11-12-22(27)26-16-19-13-14-25-23(15-19)30-17-18-7-4-3-5-8-18/h3-10,13-15H,11-12,16-17H2,1-2H3,(H,26,27). The minimum atomic E-state index is -0.0385. The number of pyridine rings is 1. The molecule has 156 valence electrons. The van der Waals surface area contributed by atoms with Crippen molar-refractivity contribution >= 4 is 5.91 Å². The van der Waals surface area contributed by atoms with Crippen LogP contribution < -0.4 is 19.5 Å². The summed E-state index contributed by atoms with van der Waals surface area (Å²) in [5.74, 6) is 1.83. The molecule has 0 spiro atoms. The predicted octanol–water partition coefficient (Wildman–Crippen LogP) is 3.93. The summed E-state index contributed by atoms with van der Waals surface area (Å²) in [5, 5.41) is 2.94. The van der Waals surface area contributed by atoms with Crippen molar-refractivity contribution < 1.29 is 19.0 Å². The molecule has 30 heavy (non-hydrogen) atoms. The van der Waals surface area contributed by atoms with Crippen molar-refractivity contribution in [1.82, 2.24) is 10.3 Å². The van der Waals surface area contributed by atoms with Crippen LogP contribution in [0.25, 0.3) is 0 Å². The van der Waals surface area contributed by atoms with Crippen molar-refractivity contribution in [2.45, 2.75) is 26.0 Å². The molecule has 0 saturated heterocycles. The first-order valence-electron chi connectivity index (χ1n) is 9.78. The van der Waals surface area contributed by atoms with Gasteiger partial charge in [-0.25, -0.2) is 4.98 Å². The van der Waals surface area contributed by atoms with Crippen molar-refractivity contribution in [3.8, 4) is 17.4 Å². The van der Waals surface area contributed by atoms with Gasteiger partial charge in [0.1, 0.15) is 6.61 Å². The van der Waals surface area contributed by atoms with Crippen LogP contribution in [0.5, 0.6) is 17.4 Å². The molecule has 0 fully saturated rings. The van der Waals surface area contributed by atoms with Crippen molar-refractivity contribution in [1.29, 1.82) is 0 Å². The van der Waals surface area contributed by atoms with Crippen molar-refractivity contribution in [3.05, 3.63) is 83.6 Å². The van der Waals surface area contributed by atoms with Gasteiger partial charge in [-0.15, -0.1) is 0 Å². The van der Waals surface area contributed by atoms with Crippen LogP contribution in [0.1, 0.15) is 23.1 Å². The van der Waals surface area contributed by atoms with Crippen molar-refractivity contribution in [2.75, 3.05) is 14.2 Å². The van der Waals surface area contributed by atoms with E-state index in [1.165, 1.54) is 0 Å². The molecule has 1 heterocycles. The van der Waals surface area contributed by atoms with Crippen LogP contribution in [0.15, 0.2) is 66.9 Å². The maximum atomic E-state index is 12.3. The Labute approximate surface area is 176 Å². The van der Waals surface area contributed by atoms with Gasteiger partial charge in [-0.3, -0.25) is 4.79 Å². The van der Waals surface area contributed by atoms with E-state index in [1.54, 1.807) is 20.4 Å². The molecule has 0 atom stereocenters. The minimum Gasteiger partial charge on any atom is -0.493 e. The second kappa shape index (κ2) is 10.9. The zero-order valence-corrected chi connectivity index (χ0v) is 17.3. The van der Waals surface area contributed by atoms with E-state index in [4.69, 9.17) is 14.2 Å². The molecule has 0 bridgehead atoms. The number of carbonyl (C=O) groups excluding carboxylic acids is 1. The highest BCUT2D eigenvalue weighted by molar-refractivity contribution is 5.76. The second-order valence-corrected chi connectivity index (χ2v) is 6.71. The smallest absolute Gasteiger partial charge is 0.220 e. The van der Waals surface area contributed by atoms with Gasteiger partial charge in [0.25, 0.3) is 0 Å². The Bertz CT molecular complexity index is 960. The van der Waals surface area contributed by atoms with E-state index in [-0.39, 0.29) is 5.91 Å². The lowest BCUT2D eigenvalue weighted by molar-refractivity contribution is -0.121. The SMILES string of the molecule is COc1cccc(CCC(=O)NCc2ccnc(OCc3ccccc3)c2)c1OC. The van der Waals surface area contributed by atoms with Crippen LogP contribution in [-0.4, -0.2) is 25.1 Å². The molecule has 0 unspecified atom stereocenters. The Morgan fingerprint density at radius 2 is 1.80 bits per heavy atom. The number of ether oxygens (including phenoxy) is 3. The van der Waals surface area contributed by atoms with E-state index < -0.39 is 0 Å². The van der Waals surface area contributed by atoms with Gasteiger partial charge in [-0.2, -0.15) is 0 Å². The number of aryl methyl sites for hydroxylation is 1. The van der Waals surface area contributed by atoms with Crippen LogP contribution in [0.2, 0.25) is 0 Å². The second-order valence-electron chi connectivity index (χ2n) is 6.71. The third-order valence-corrected chi connectivity index (χ3v) is 4.62. The molecule has 3 aromatic rings. The third-order valence-electron chi connectivity index (χ3n) is 4.62. The predicted molar refractivity (Wildman–Crippen MR) is 115 cm³/mol. The first-order valence-corrected chi connectivity index (χ1v) is 9.78. The highest BCUT2D eigenvalue weighted by Gasteiger charge is 2.11. The fraction of sp³-hybridized carbons (Fsp3) is 0.250. The van der Waals surface area contributed by atoms with Gasteiger partial charge in [-0.05, 0) is 35.2 Å². The highest BCUT2D eigenvalue weighted by atomic mass is 16.5. The molecule has 6 heteroatoms. The quantitative estimate of drug-likeness (QED) is 0.553. The molecule has 0 saturated carbocycles.